The molecule has 0 bridgehead atoms. The van der Waals surface area contributed by atoms with Crippen LogP contribution < -0.4 is 0 Å². The van der Waals surface area contributed by atoms with E-state index >= 15 is 0 Å². The summed E-state index contributed by atoms with van der Waals surface area (Å²) in [6.45, 7) is 4.03. The molecule has 5 nitrogen and oxygen atoms in total. The maximum Gasteiger partial charge on any atom is 0.234 e. The van der Waals surface area contributed by atoms with Gasteiger partial charge in [0.2, 0.25) is 5.82 Å². The van der Waals surface area contributed by atoms with Gasteiger partial charge in [-0.2, -0.15) is 15.3 Å². The van der Waals surface area contributed by atoms with Crippen LogP contribution in [0.5, 0.6) is 0 Å². The molecule has 2 aromatic heterocycles. The number of nitrogens with zero attached hydrogens (tertiary/aromatic N) is 5. The molecule has 0 spiro atoms. The number of fused-ring (bicyclic) bond motifs is 1. The lowest BCUT2D eigenvalue weighted by atomic mass is 10.4. The summed E-state index contributed by atoms with van der Waals surface area (Å²) < 4.78 is 1.78. The maximum absolute atomic E-state index is 8.66. The van der Waals surface area contributed by atoms with Crippen LogP contribution in [0.15, 0.2) is 12.4 Å². The molecule has 70 valence electrons. The van der Waals surface area contributed by atoms with Gasteiger partial charge in [0.05, 0.1) is 11.6 Å². The predicted molar refractivity (Wildman–Crippen MR) is 50.4 cm³/mol. The summed E-state index contributed by atoms with van der Waals surface area (Å²) in [5.74, 6) is 0.180. The number of nitriles is 1. The fourth-order valence-corrected chi connectivity index (χ4v) is 1.27. The first kappa shape index (κ1) is 8.63. The smallest absolute Gasteiger partial charge is 0.234 e. The number of rotatable bonds is 1. The molecule has 0 aliphatic carbocycles. The molecular weight excluding hydrogens is 178 g/mol. The Morgan fingerprint density at radius 3 is 2.86 bits per heavy atom. The average Bonchev–Trinajstić information content (AvgIpc) is 2.59. The van der Waals surface area contributed by atoms with Crippen LogP contribution in [0.3, 0.4) is 0 Å². The third-order valence-electron chi connectivity index (χ3n) is 1.92. The van der Waals surface area contributed by atoms with Crippen molar-refractivity contribution < 1.29 is 0 Å². The molecule has 0 N–H and O–H groups in total. The molecule has 0 saturated carbocycles. The first-order valence-electron chi connectivity index (χ1n) is 4.32. The van der Waals surface area contributed by atoms with Crippen molar-refractivity contribution in [1.29, 1.82) is 5.26 Å². The van der Waals surface area contributed by atoms with Gasteiger partial charge < -0.3 is 0 Å². The van der Waals surface area contributed by atoms with Crippen LogP contribution >= 0.6 is 0 Å². The molecule has 0 fully saturated rings. The molecule has 5 heteroatoms. The van der Waals surface area contributed by atoms with E-state index in [1.165, 1.54) is 0 Å². The first-order chi connectivity index (χ1) is 6.72. The highest BCUT2D eigenvalue weighted by Gasteiger charge is 2.08. The number of hydrogen-bond donors (Lipinski definition) is 0. The van der Waals surface area contributed by atoms with E-state index in [2.05, 4.69) is 15.1 Å². The standard InChI is InChI=1S/C9H9N5/c1-6(2)14-9-7(5-12-14)4-11-8(3-10)13-9/h4-6H,1-2H3. The van der Waals surface area contributed by atoms with Gasteiger partial charge in [0.1, 0.15) is 6.07 Å². The monoisotopic (exact) mass is 187 g/mol. The molecule has 0 amide bonds. The summed E-state index contributed by atoms with van der Waals surface area (Å²) in [4.78, 5) is 7.98. The van der Waals surface area contributed by atoms with Crippen LogP contribution in [0.4, 0.5) is 0 Å². The highest BCUT2D eigenvalue weighted by Crippen LogP contribution is 2.14. The van der Waals surface area contributed by atoms with Gasteiger partial charge in [0.15, 0.2) is 5.65 Å². The van der Waals surface area contributed by atoms with Crippen molar-refractivity contribution in [1.82, 2.24) is 19.7 Å². The largest absolute Gasteiger partial charge is 0.245 e. The normalized spacial score (nSPS) is 10.7. The lowest BCUT2D eigenvalue weighted by Gasteiger charge is -2.05. The Kier molecular flexibility index (Phi) is 1.89. The van der Waals surface area contributed by atoms with Crippen molar-refractivity contribution in [2.75, 3.05) is 0 Å². The van der Waals surface area contributed by atoms with Crippen LogP contribution in [0.25, 0.3) is 11.0 Å². The minimum absolute atomic E-state index is 0.180. The van der Waals surface area contributed by atoms with Gasteiger partial charge in [-0.3, -0.25) is 0 Å². The third kappa shape index (κ3) is 1.21. The average molecular weight is 187 g/mol. The van der Waals surface area contributed by atoms with E-state index < -0.39 is 0 Å². The Morgan fingerprint density at radius 1 is 1.43 bits per heavy atom. The topological polar surface area (TPSA) is 67.4 Å². The summed E-state index contributed by atoms with van der Waals surface area (Å²) in [5, 5.41) is 13.7. The van der Waals surface area contributed by atoms with Crippen molar-refractivity contribution in [3.05, 3.63) is 18.2 Å². The molecule has 0 radical (unpaired) electrons. The Balaban J connectivity index is 2.71. The van der Waals surface area contributed by atoms with E-state index in [0.29, 0.717) is 5.65 Å². The van der Waals surface area contributed by atoms with Gasteiger partial charge in [-0.05, 0) is 13.8 Å². The van der Waals surface area contributed by atoms with Crippen molar-refractivity contribution in [2.45, 2.75) is 19.9 Å². The van der Waals surface area contributed by atoms with Crippen molar-refractivity contribution in [2.24, 2.45) is 0 Å². The molecule has 2 heterocycles. The lowest BCUT2D eigenvalue weighted by Crippen LogP contribution is -2.04. The number of hydrogen-bond acceptors (Lipinski definition) is 4. The molecule has 2 rings (SSSR count). The van der Waals surface area contributed by atoms with Gasteiger partial charge in [-0.25, -0.2) is 9.67 Å². The second-order valence-electron chi connectivity index (χ2n) is 3.27. The molecule has 0 unspecified atom stereocenters. The van der Waals surface area contributed by atoms with Gasteiger partial charge in [-0.1, -0.05) is 0 Å². The third-order valence-corrected chi connectivity index (χ3v) is 1.92. The van der Waals surface area contributed by atoms with E-state index in [1.807, 2.05) is 19.9 Å². The number of aromatic nitrogens is 4. The molecule has 2 aromatic rings. The van der Waals surface area contributed by atoms with Gasteiger partial charge >= 0.3 is 0 Å². The lowest BCUT2D eigenvalue weighted by molar-refractivity contribution is 0.546. The molecular formula is C9H9N5. The summed E-state index contributed by atoms with van der Waals surface area (Å²) in [7, 11) is 0. The fourth-order valence-electron chi connectivity index (χ4n) is 1.27. The summed E-state index contributed by atoms with van der Waals surface area (Å²) in [5.41, 5.74) is 0.714. The minimum atomic E-state index is 0.180. The maximum atomic E-state index is 8.66. The zero-order chi connectivity index (χ0) is 10.1. The summed E-state index contributed by atoms with van der Waals surface area (Å²) in [6, 6.07) is 2.14. The molecule has 0 aliphatic heterocycles. The Hall–Kier alpha value is -1.96. The van der Waals surface area contributed by atoms with E-state index in [9.17, 15) is 0 Å². The zero-order valence-corrected chi connectivity index (χ0v) is 7.97. The van der Waals surface area contributed by atoms with E-state index in [0.717, 1.165) is 5.39 Å². The van der Waals surface area contributed by atoms with E-state index in [1.54, 1.807) is 17.1 Å². The predicted octanol–water partition coefficient (Wildman–Crippen LogP) is 1.28. The highest BCUT2D eigenvalue weighted by molar-refractivity contribution is 5.73. The Labute approximate surface area is 81.0 Å². The van der Waals surface area contributed by atoms with Crippen molar-refractivity contribution in [3.8, 4) is 6.07 Å². The van der Waals surface area contributed by atoms with E-state index in [4.69, 9.17) is 5.26 Å². The minimum Gasteiger partial charge on any atom is -0.245 e. The van der Waals surface area contributed by atoms with Gasteiger partial charge in [0, 0.05) is 12.2 Å². The highest BCUT2D eigenvalue weighted by atomic mass is 15.3. The Bertz CT molecular complexity index is 505. The second-order valence-corrected chi connectivity index (χ2v) is 3.27. The van der Waals surface area contributed by atoms with Crippen LogP contribution in [0.2, 0.25) is 0 Å². The molecule has 0 aliphatic rings. The quantitative estimate of drug-likeness (QED) is 0.674. The zero-order valence-electron chi connectivity index (χ0n) is 7.97. The van der Waals surface area contributed by atoms with Gasteiger partial charge in [0.25, 0.3) is 0 Å². The van der Waals surface area contributed by atoms with Crippen LogP contribution in [-0.2, 0) is 0 Å². The Morgan fingerprint density at radius 2 is 2.21 bits per heavy atom. The summed E-state index contributed by atoms with van der Waals surface area (Å²) in [6.07, 6.45) is 3.32. The molecule has 0 aromatic carbocycles. The SMILES string of the molecule is CC(C)n1ncc2cnc(C#N)nc21. The second kappa shape index (κ2) is 3.07. The van der Waals surface area contributed by atoms with Crippen molar-refractivity contribution in [3.63, 3.8) is 0 Å². The van der Waals surface area contributed by atoms with Crippen molar-refractivity contribution >= 4 is 11.0 Å². The molecule has 14 heavy (non-hydrogen) atoms. The van der Waals surface area contributed by atoms with E-state index in [-0.39, 0.29) is 11.9 Å². The van der Waals surface area contributed by atoms with Crippen LogP contribution in [0, 0.1) is 11.3 Å². The van der Waals surface area contributed by atoms with Crippen LogP contribution in [0.1, 0.15) is 25.7 Å². The van der Waals surface area contributed by atoms with Crippen LogP contribution in [-0.4, -0.2) is 19.7 Å². The summed E-state index contributed by atoms with van der Waals surface area (Å²) >= 11 is 0. The van der Waals surface area contributed by atoms with Gasteiger partial charge in [-0.15, -0.1) is 0 Å². The molecule has 0 atom stereocenters. The molecule has 0 saturated heterocycles. The first-order valence-corrected chi connectivity index (χ1v) is 4.32. The fraction of sp³-hybridized carbons (Fsp3) is 0.333.